The zero-order chi connectivity index (χ0) is 16.8. The Morgan fingerprint density at radius 2 is 1.88 bits per heavy atom. The van der Waals surface area contributed by atoms with E-state index in [2.05, 4.69) is 10.3 Å². The minimum Gasteiger partial charge on any atom is -0.491 e. The Kier molecular flexibility index (Phi) is 5.06. The Balaban J connectivity index is 1.55. The van der Waals surface area contributed by atoms with Crippen molar-refractivity contribution in [2.45, 2.75) is 25.9 Å². The van der Waals surface area contributed by atoms with Crippen LogP contribution in [-0.2, 0) is 4.79 Å². The molecular formula is C20H20N2O2. The third-order valence-corrected chi connectivity index (χ3v) is 3.77. The van der Waals surface area contributed by atoms with Crippen molar-refractivity contribution in [3.05, 3.63) is 66.9 Å². The topological polar surface area (TPSA) is 51.2 Å². The van der Waals surface area contributed by atoms with Gasteiger partial charge in [-0.05, 0) is 37.6 Å². The maximum Gasteiger partial charge on any atom is 0.224 e. The molecule has 0 saturated carbocycles. The number of amides is 1. The lowest BCUT2D eigenvalue weighted by Gasteiger charge is -2.14. The summed E-state index contributed by atoms with van der Waals surface area (Å²) in [5.41, 5.74) is 1.55. The molecule has 0 fully saturated rings. The van der Waals surface area contributed by atoms with Crippen molar-refractivity contribution in [2.24, 2.45) is 0 Å². The average molecular weight is 320 g/mol. The molecule has 1 N–H and O–H groups in total. The van der Waals surface area contributed by atoms with Gasteiger partial charge in [0.2, 0.25) is 5.91 Å². The summed E-state index contributed by atoms with van der Waals surface area (Å²) in [5, 5.41) is 3.96. The van der Waals surface area contributed by atoms with Gasteiger partial charge in [-0.15, -0.1) is 0 Å². The van der Waals surface area contributed by atoms with Crippen molar-refractivity contribution in [3.8, 4) is 5.75 Å². The molecule has 0 saturated heterocycles. The number of benzene rings is 2. The second-order valence-corrected chi connectivity index (χ2v) is 5.71. The third-order valence-electron chi connectivity index (χ3n) is 3.77. The van der Waals surface area contributed by atoms with Crippen LogP contribution >= 0.6 is 0 Å². The molecule has 0 aliphatic rings. The molecule has 1 atom stereocenters. The summed E-state index contributed by atoms with van der Waals surface area (Å²) < 4.78 is 5.79. The van der Waals surface area contributed by atoms with E-state index in [-0.39, 0.29) is 12.0 Å². The molecular weight excluding hydrogens is 300 g/mol. The van der Waals surface area contributed by atoms with Crippen LogP contribution in [0.4, 0.5) is 5.69 Å². The number of para-hydroxylation sites is 2. The Labute approximate surface area is 141 Å². The molecule has 0 aliphatic heterocycles. The van der Waals surface area contributed by atoms with Crippen LogP contribution in [0.15, 0.2) is 66.9 Å². The smallest absolute Gasteiger partial charge is 0.224 e. The second-order valence-electron chi connectivity index (χ2n) is 5.71. The number of nitrogens with zero attached hydrogens (tertiary/aromatic N) is 1. The van der Waals surface area contributed by atoms with Crippen LogP contribution in [0.3, 0.4) is 0 Å². The molecule has 4 heteroatoms. The number of ether oxygens (including phenoxy) is 1. The van der Waals surface area contributed by atoms with Crippen molar-refractivity contribution >= 4 is 22.5 Å². The molecule has 4 nitrogen and oxygen atoms in total. The molecule has 0 spiro atoms. The number of aromatic nitrogens is 1. The van der Waals surface area contributed by atoms with E-state index in [0.29, 0.717) is 12.8 Å². The van der Waals surface area contributed by atoms with Gasteiger partial charge in [-0.3, -0.25) is 9.78 Å². The molecule has 24 heavy (non-hydrogen) atoms. The number of rotatable bonds is 6. The number of fused-ring (bicyclic) bond motifs is 1. The molecule has 3 rings (SSSR count). The highest BCUT2D eigenvalue weighted by molar-refractivity contribution is 6.00. The van der Waals surface area contributed by atoms with Crippen molar-refractivity contribution in [3.63, 3.8) is 0 Å². The number of hydrogen-bond donors (Lipinski definition) is 1. The van der Waals surface area contributed by atoms with Crippen LogP contribution in [0.5, 0.6) is 5.75 Å². The van der Waals surface area contributed by atoms with Gasteiger partial charge < -0.3 is 10.1 Å². The fraction of sp³-hybridized carbons (Fsp3) is 0.200. The number of hydrogen-bond acceptors (Lipinski definition) is 3. The van der Waals surface area contributed by atoms with E-state index in [1.807, 2.05) is 67.6 Å². The van der Waals surface area contributed by atoms with Gasteiger partial charge in [-0.2, -0.15) is 0 Å². The predicted octanol–water partition coefficient (Wildman–Crippen LogP) is 4.42. The van der Waals surface area contributed by atoms with Crippen molar-refractivity contribution in [2.75, 3.05) is 5.32 Å². The number of pyridine rings is 1. The number of carbonyl (C=O) groups excluding carboxylic acids is 1. The Hall–Kier alpha value is -2.88. The van der Waals surface area contributed by atoms with Crippen LogP contribution < -0.4 is 10.1 Å². The van der Waals surface area contributed by atoms with Crippen molar-refractivity contribution in [1.82, 2.24) is 4.98 Å². The number of anilines is 1. The SMILES string of the molecule is CC(CCC(=O)Nc1cccc2cccnc12)Oc1ccccc1. The van der Waals surface area contributed by atoms with Gasteiger partial charge in [0.25, 0.3) is 0 Å². The van der Waals surface area contributed by atoms with Crippen LogP contribution in [-0.4, -0.2) is 17.0 Å². The lowest BCUT2D eigenvalue weighted by atomic mass is 10.1. The fourth-order valence-corrected chi connectivity index (χ4v) is 2.54. The monoisotopic (exact) mass is 320 g/mol. The van der Waals surface area contributed by atoms with Crippen LogP contribution in [0, 0.1) is 0 Å². The van der Waals surface area contributed by atoms with Gasteiger partial charge in [0.05, 0.1) is 17.3 Å². The van der Waals surface area contributed by atoms with Crippen molar-refractivity contribution < 1.29 is 9.53 Å². The first-order valence-electron chi connectivity index (χ1n) is 8.07. The van der Waals surface area contributed by atoms with Crippen LogP contribution in [0.25, 0.3) is 10.9 Å². The van der Waals surface area contributed by atoms with Gasteiger partial charge in [0.15, 0.2) is 0 Å². The summed E-state index contributed by atoms with van der Waals surface area (Å²) >= 11 is 0. The van der Waals surface area contributed by atoms with Crippen molar-refractivity contribution in [1.29, 1.82) is 0 Å². The molecule has 2 aromatic carbocycles. The molecule has 122 valence electrons. The summed E-state index contributed by atoms with van der Waals surface area (Å²) in [4.78, 5) is 16.6. The lowest BCUT2D eigenvalue weighted by molar-refractivity contribution is -0.116. The third kappa shape index (κ3) is 4.10. The predicted molar refractivity (Wildman–Crippen MR) is 96.1 cm³/mol. The molecule has 0 radical (unpaired) electrons. The zero-order valence-electron chi connectivity index (χ0n) is 13.6. The highest BCUT2D eigenvalue weighted by atomic mass is 16.5. The number of nitrogens with one attached hydrogen (secondary N) is 1. The second kappa shape index (κ2) is 7.59. The van der Waals surface area contributed by atoms with Gasteiger partial charge in [0.1, 0.15) is 5.75 Å². The maximum absolute atomic E-state index is 12.2. The first-order chi connectivity index (χ1) is 11.7. The molecule has 0 aliphatic carbocycles. The Morgan fingerprint density at radius 1 is 1.08 bits per heavy atom. The minimum absolute atomic E-state index is 0.0243. The molecule has 0 bridgehead atoms. The first-order valence-corrected chi connectivity index (χ1v) is 8.07. The van der Waals surface area contributed by atoms with E-state index in [0.717, 1.165) is 22.3 Å². The van der Waals surface area contributed by atoms with Gasteiger partial charge in [0, 0.05) is 18.0 Å². The van der Waals surface area contributed by atoms with E-state index in [1.165, 1.54) is 0 Å². The quantitative estimate of drug-likeness (QED) is 0.731. The summed E-state index contributed by atoms with van der Waals surface area (Å²) in [6.07, 6.45) is 2.76. The van der Waals surface area contributed by atoms with E-state index in [4.69, 9.17) is 4.74 Å². The van der Waals surface area contributed by atoms with E-state index in [9.17, 15) is 4.79 Å². The van der Waals surface area contributed by atoms with Gasteiger partial charge >= 0.3 is 0 Å². The molecule has 1 heterocycles. The minimum atomic E-state index is -0.0309. The molecule has 1 unspecified atom stereocenters. The Morgan fingerprint density at radius 3 is 2.71 bits per heavy atom. The number of carbonyl (C=O) groups is 1. The van der Waals surface area contributed by atoms with E-state index >= 15 is 0 Å². The summed E-state index contributed by atoms with van der Waals surface area (Å²) in [6.45, 7) is 1.97. The van der Waals surface area contributed by atoms with Gasteiger partial charge in [-0.1, -0.05) is 36.4 Å². The lowest BCUT2D eigenvalue weighted by Crippen LogP contribution is -2.18. The molecule has 3 aromatic rings. The molecule has 1 amide bonds. The first kappa shape index (κ1) is 16.0. The average Bonchev–Trinajstić information content (AvgIpc) is 2.61. The highest BCUT2D eigenvalue weighted by Gasteiger charge is 2.10. The largest absolute Gasteiger partial charge is 0.491 e. The summed E-state index contributed by atoms with van der Waals surface area (Å²) in [5.74, 6) is 0.792. The fourth-order valence-electron chi connectivity index (χ4n) is 2.54. The van der Waals surface area contributed by atoms with E-state index in [1.54, 1.807) is 6.20 Å². The molecule has 1 aromatic heterocycles. The standard InChI is InChI=1S/C20H20N2O2/c1-15(24-17-9-3-2-4-10-17)12-13-19(23)22-18-11-5-7-16-8-6-14-21-20(16)18/h2-11,14-15H,12-13H2,1H3,(H,22,23). The highest BCUT2D eigenvalue weighted by Crippen LogP contribution is 2.21. The summed E-state index contributed by atoms with van der Waals surface area (Å²) in [6, 6.07) is 19.3. The zero-order valence-corrected chi connectivity index (χ0v) is 13.6. The van der Waals surface area contributed by atoms with Crippen LogP contribution in [0.2, 0.25) is 0 Å². The maximum atomic E-state index is 12.2. The Bertz CT molecular complexity index is 813. The van der Waals surface area contributed by atoms with E-state index < -0.39 is 0 Å². The summed E-state index contributed by atoms with van der Waals surface area (Å²) in [7, 11) is 0. The van der Waals surface area contributed by atoms with Gasteiger partial charge in [-0.25, -0.2) is 0 Å². The van der Waals surface area contributed by atoms with Crippen LogP contribution in [0.1, 0.15) is 19.8 Å². The normalized spacial score (nSPS) is 11.9.